The summed E-state index contributed by atoms with van der Waals surface area (Å²) in [4.78, 5) is 0. The number of rotatable bonds is 1. The van der Waals surface area contributed by atoms with Gasteiger partial charge in [0, 0.05) is 11.6 Å². The summed E-state index contributed by atoms with van der Waals surface area (Å²) in [7, 11) is 0. The molecule has 0 aliphatic heterocycles. The molecule has 1 heterocycles. The molecular weight excluding hydrogens is 186 g/mol. The Morgan fingerprint density at radius 3 is 2.47 bits per heavy atom. The molecule has 2 saturated carbocycles. The first-order valence-corrected chi connectivity index (χ1v) is 6.00. The van der Waals surface area contributed by atoms with Gasteiger partial charge in [0.05, 0.1) is 11.7 Å². The van der Waals surface area contributed by atoms with E-state index < -0.39 is 0 Å². The van der Waals surface area contributed by atoms with Crippen molar-refractivity contribution in [2.45, 2.75) is 51.5 Å². The van der Waals surface area contributed by atoms with E-state index in [2.05, 4.69) is 42.0 Å². The lowest BCUT2D eigenvalue weighted by Crippen LogP contribution is -2.11. The maximum Gasteiger partial charge on any atom is 0.0880 e. The Hall–Kier alpha value is -0.860. The third-order valence-corrected chi connectivity index (χ3v) is 3.95. The monoisotopic (exact) mass is 205 g/mol. The van der Waals surface area contributed by atoms with Crippen molar-refractivity contribution in [3.8, 4) is 0 Å². The Morgan fingerprint density at radius 2 is 1.93 bits per heavy atom. The minimum absolute atomic E-state index is 0.127. The van der Waals surface area contributed by atoms with Gasteiger partial charge in [-0.3, -0.25) is 0 Å². The highest BCUT2D eigenvalue weighted by atomic mass is 15.4. The fourth-order valence-corrected chi connectivity index (χ4v) is 2.94. The molecule has 2 aliphatic carbocycles. The van der Waals surface area contributed by atoms with Gasteiger partial charge in [-0.1, -0.05) is 32.4 Å². The van der Waals surface area contributed by atoms with Crippen molar-refractivity contribution in [1.29, 1.82) is 0 Å². The normalized spacial score (nSPS) is 34.2. The van der Waals surface area contributed by atoms with E-state index in [0.29, 0.717) is 6.04 Å². The zero-order chi connectivity index (χ0) is 10.6. The standard InChI is InChI=1S/C12H19N3/c1-12(2,3)10-7-15(14-13-10)11-8-5-4-6-9(8)11/h7-9,11H,4-6H2,1-3H3. The van der Waals surface area contributed by atoms with E-state index in [1.54, 1.807) is 0 Å². The van der Waals surface area contributed by atoms with E-state index in [4.69, 9.17) is 0 Å². The number of fused-ring (bicyclic) bond motifs is 1. The van der Waals surface area contributed by atoms with Crippen LogP contribution in [0.3, 0.4) is 0 Å². The molecule has 1 aromatic heterocycles. The second-order valence-electron chi connectivity index (χ2n) is 6.08. The Labute approximate surface area is 90.9 Å². The van der Waals surface area contributed by atoms with Crippen molar-refractivity contribution >= 4 is 0 Å². The predicted molar refractivity (Wildman–Crippen MR) is 58.6 cm³/mol. The summed E-state index contributed by atoms with van der Waals surface area (Å²) in [6.07, 6.45) is 6.38. The lowest BCUT2D eigenvalue weighted by molar-refractivity contribution is 0.503. The van der Waals surface area contributed by atoms with Crippen molar-refractivity contribution < 1.29 is 0 Å². The summed E-state index contributed by atoms with van der Waals surface area (Å²) in [6.45, 7) is 6.57. The highest BCUT2D eigenvalue weighted by Gasteiger charge is 2.54. The molecule has 0 N–H and O–H groups in total. The second-order valence-corrected chi connectivity index (χ2v) is 6.08. The minimum atomic E-state index is 0.127. The minimum Gasteiger partial charge on any atom is -0.249 e. The second kappa shape index (κ2) is 2.83. The Bertz CT molecular complexity index is 364. The quantitative estimate of drug-likeness (QED) is 0.705. The van der Waals surface area contributed by atoms with E-state index in [0.717, 1.165) is 17.5 Å². The average Bonchev–Trinajstić information content (AvgIpc) is 2.60. The van der Waals surface area contributed by atoms with Gasteiger partial charge < -0.3 is 0 Å². The van der Waals surface area contributed by atoms with Gasteiger partial charge in [0.15, 0.2) is 0 Å². The predicted octanol–water partition coefficient (Wildman–Crippen LogP) is 2.55. The molecule has 1 aromatic rings. The molecule has 2 fully saturated rings. The summed E-state index contributed by atoms with van der Waals surface area (Å²) in [5.74, 6) is 1.83. The Morgan fingerprint density at radius 1 is 1.27 bits per heavy atom. The highest BCUT2D eigenvalue weighted by Crippen LogP contribution is 2.60. The van der Waals surface area contributed by atoms with Crippen molar-refractivity contribution in [3.63, 3.8) is 0 Å². The third kappa shape index (κ3) is 1.40. The summed E-state index contributed by atoms with van der Waals surface area (Å²) in [6, 6.07) is 0.683. The smallest absolute Gasteiger partial charge is 0.0880 e. The number of hydrogen-bond acceptors (Lipinski definition) is 2. The first-order valence-electron chi connectivity index (χ1n) is 6.00. The van der Waals surface area contributed by atoms with Crippen LogP contribution in [0.1, 0.15) is 51.8 Å². The molecule has 0 spiro atoms. The molecule has 0 amide bonds. The maximum absolute atomic E-state index is 4.29. The zero-order valence-electron chi connectivity index (χ0n) is 9.77. The van der Waals surface area contributed by atoms with E-state index in [1.807, 2.05) is 0 Å². The first-order chi connectivity index (χ1) is 7.07. The van der Waals surface area contributed by atoms with E-state index in [9.17, 15) is 0 Å². The van der Waals surface area contributed by atoms with Crippen LogP contribution >= 0.6 is 0 Å². The zero-order valence-corrected chi connectivity index (χ0v) is 9.77. The molecule has 3 rings (SSSR count). The van der Waals surface area contributed by atoms with Gasteiger partial charge in [-0.25, -0.2) is 4.68 Å². The maximum atomic E-state index is 4.29. The van der Waals surface area contributed by atoms with Crippen molar-refractivity contribution in [2.75, 3.05) is 0 Å². The van der Waals surface area contributed by atoms with Gasteiger partial charge in [0.2, 0.25) is 0 Å². The van der Waals surface area contributed by atoms with Gasteiger partial charge in [-0.15, -0.1) is 5.10 Å². The number of nitrogens with zero attached hydrogens (tertiary/aromatic N) is 3. The third-order valence-electron chi connectivity index (χ3n) is 3.95. The molecule has 0 aromatic carbocycles. The van der Waals surface area contributed by atoms with Crippen LogP contribution in [-0.4, -0.2) is 15.0 Å². The summed E-state index contributed by atoms with van der Waals surface area (Å²) >= 11 is 0. The number of aromatic nitrogens is 3. The van der Waals surface area contributed by atoms with Crippen molar-refractivity contribution in [1.82, 2.24) is 15.0 Å². The topological polar surface area (TPSA) is 30.7 Å². The molecule has 0 radical (unpaired) electrons. The van der Waals surface area contributed by atoms with Crippen LogP contribution in [0.4, 0.5) is 0 Å². The first kappa shape index (κ1) is 9.37. The molecular formula is C12H19N3. The highest BCUT2D eigenvalue weighted by molar-refractivity contribution is 5.11. The summed E-state index contributed by atoms with van der Waals surface area (Å²) in [5, 5.41) is 8.58. The Kier molecular flexibility index (Phi) is 1.77. The Balaban J connectivity index is 1.81. The molecule has 15 heavy (non-hydrogen) atoms. The molecule has 0 bridgehead atoms. The van der Waals surface area contributed by atoms with Crippen molar-refractivity contribution in [3.05, 3.63) is 11.9 Å². The van der Waals surface area contributed by atoms with Crippen LogP contribution in [0.5, 0.6) is 0 Å². The summed E-state index contributed by atoms with van der Waals surface area (Å²) in [5.41, 5.74) is 1.25. The van der Waals surface area contributed by atoms with Gasteiger partial charge in [0.1, 0.15) is 0 Å². The molecule has 82 valence electrons. The summed E-state index contributed by atoms with van der Waals surface area (Å²) < 4.78 is 2.12. The van der Waals surface area contributed by atoms with Gasteiger partial charge in [-0.2, -0.15) is 0 Å². The largest absolute Gasteiger partial charge is 0.249 e. The van der Waals surface area contributed by atoms with Gasteiger partial charge in [0.25, 0.3) is 0 Å². The van der Waals surface area contributed by atoms with Crippen LogP contribution in [0.25, 0.3) is 0 Å². The van der Waals surface area contributed by atoms with E-state index in [-0.39, 0.29) is 5.41 Å². The average molecular weight is 205 g/mol. The van der Waals surface area contributed by atoms with Crippen LogP contribution in [0.15, 0.2) is 6.20 Å². The molecule has 2 unspecified atom stereocenters. The number of hydrogen-bond donors (Lipinski definition) is 0. The lowest BCUT2D eigenvalue weighted by atomic mass is 9.93. The van der Waals surface area contributed by atoms with Crippen LogP contribution in [-0.2, 0) is 5.41 Å². The fourth-order valence-electron chi connectivity index (χ4n) is 2.94. The lowest BCUT2D eigenvalue weighted by Gasteiger charge is -2.13. The van der Waals surface area contributed by atoms with Gasteiger partial charge in [-0.05, 0) is 24.7 Å². The van der Waals surface area contributed by atoms with Gasteiger partial charge >= 0.3 is 0 Å². The molecule has 0 saturated heterocycles. The van der Waals surface area contributed by atoms with E-state index >= 15 is 0 Å². The van der Waals surface area contributed by atoms with Crippen LogP contribution < -0.4 is 0 Å². The molecule has 2 atom stereocenters. The fraction of sp³-hybridized carbons (Fsp3) is 0.833. The molecule has 2 aliphatic rings. The van der Waals surface area contributed by atoms with Crippen LogP contribution in [0.2, 0.25) is 0 Å². The van der Waals surface area contributed by atoms with Crippen molar-refractivity contribution in [2.24, 2.45) is 11.8 Å². The molecule has 3 heteroatoms. The van der Waals surface area contributed by atoms with Crippen LogP contribution in [0, 0.1) is 11.8 Å². The van der Waals surface area contributed by atoms with E-state index in [1.165, 1.54) is 19.3 Å². The molecule has 3 nitrogen and oxygen atoms in total. The SMILES string of the molecule is CC(C)(C)c1cn(C2C3CCCC32)nn1.